The van der Waals surface area contributed by atoms with Gasteiger partial charge in [0.1, 0.15) is 15.7 Å². The van der Waals surface area contributed by atoms with Gasteiger partial charge in [-0.25, -0.2) is 9.40 Å². The summed E-state index contributed by atoms with van der Waals surface area (Å²) in [6, 6.07) is 19.5. The smallest absolute Gasteiger partial charge is 0.277 e. The van der Waals surface area contributed by atoms with E-state index < -0.39 is 4.87 Å². The van der Waals surface area contributed by atoms with Crippen LogP contribution in [0.5, 0.6) is 0 Å². The van der Waals surface area contributed by atoms with E-state index in [0.717, 1.165) is 5.56 Å². The molecular formula is C23H24Cl3FN4OS. The zero-order valence-electron chi connectivity index (χ0n) is 17.5. The molecule has 1 atom stereocenters. The molecule has 0 aliphatic carbocycles. The molecule has 0 bridgehead atoms. The number of hydrazone groups is 1. The van der Waals surface area contributed by atoms with Gasteiger partial charge >= 0.3 is 0 Å². The molecule has 1 aromatic heterocycles. The zero-order valence-corrected chi connectivity index (χ0v) is 20.7. The van der Waals surface area contributed by atoms with E-state index in [9.17, 15) is 9.18 Å². The van der Waals surface area contributed by atoms with Crippen molar-refractivity contribution in [2.24, 2.45) is 10.8 Å². The minimum atomic E-state index is -0.783. The van der Waals surface area contributed by atoms with Crippen LogP contribution in [0, 0.1) is 5.82 Å². The Morgan fingerprint density at radius 3 is 2.42 bits per heavy atom. The number of halogens is 4. The van der Waals surface area contributed by atoms with Gasteiger partial charge in [0.15, 0.2) is 0 Å². The third kappa shape index (κ3) is 6.05. The predicted molar refractivity (Wildman–Crippen MR) is 139 cm³/mol. The van der Waals surface area contributed by atoms with Gasteiger partial charge in [-0.05, 0) is 49.2 Å². The number of nitrogens with two attached hydrogens (primary N) is 1. The van der Waals surface area contributed by atoms with Gasteiger partial charge in [0, 0.05) is 18.0 Å². The summed E-state index contributed by atoms with van der Waals surface area (Å²) in [6.45, 7) is 0.485. The zero-order chi connectivity index (χ0) is 21.0. The summed E-state index contributed by atoms with van der Waals surface area (Å²) in [5.41, 5.74) is 7.85. The van der Waals surface area contributed by atoms with E-state index in [4.69, 9.17) is 5.73 Å². The average Bonchev–Trinajstić information content (AvgIpc) is 3.19. The van der Waals surface area contributed by atoms with Crippen LogP contribution in [0.3, 0.4) is 0 Å². The van der Waals surface area contributed by atoms with Gasteiger partial charge < -0.3 is 5.73 Å². The molecule has 2 aromatic carbocycles. The Labute approximate surface area is 215 Å². The third-order valence-corrected chi connectivity index (χ3v) is 6.38. The van der Waals surface area contributed by atoms with Gasteiger partial charge in [-0.2, -0.15) is 5.10 Å². The monoisotopic (exact) mass is 528 g/mol. The minimum Gasteiger partial charge on any atom is -0.330 e. The minimum absolute atomic E-state index is 0. The fourth-order valence-electron chi connectivity index (χ4n) is 3.48. The fourth-order valence-corrected chi connectivity index (χ4v) is 4.87. The summed E-state index contributed by atoms with van der Waals surface area (Å²) in [5, 5.41) is 6.79. The Morgan fingerprint density at radius 2 is 1.79 bits per heavy atom. The number of amides is 1. The van der Waals surface area contributed by atoms with Crippen molar-refractivity contribution in [3.05, 3.63) is 102 Å². The summed E-state index contributed by atoms with van der Waals surface area (Å²) in [4.78, 5) is 16.8. The second-order valence-corrected chi connectivity index (χ2v) is 8.19. The molecule has 1 aliphatic heterocycles. The predicted octanol–water partition coefficient (Wildman–Crippen LogP) is 5.63. The topological polar surface area (TPSA) is 71.6 Å². The van der Waals surface area contributed by atoms with E-state index in [1.165, 1.54) is 35.1 Å². The van der Waals surface area contributed by atoms with Gasteiger partial charge in [-0.3, -0.25) is 9.78 Å². The molecule has 0 spiro atoms. The molecule has 1 aliphatic rings. The second kappa shape index (κ2) is 12.9. The van der Waals surface area contributed by atoms with Crippen molar-refractivity contribution in [3.63, 3.8) is 0 Å². The highest BCUT2D eigenvalue weighted by atomic mass is 35.5. The van der Waals surface area contributed by atoms with Crippen LogP contribution in [-0.2, 0) is 4.87 Å². The molecule has 1 unspecified atom stereocenters. The molecule has 5 nitrogen and oxygen atoms in total. The number of carbonyl (C=O) groups is 1. The molecule has 176 valence electrons. The van der Waals surface area contributed by atoms with Gasteiger partial charge in [-0.15, -0.1) is 37.2 Å². The van der Waals surface area contributed by atoms with Crippen LogP contribution in [0.4, 0.5) is 4.39 Å². The molecule has 2 N–H and O–H groups in total. The molecular weight excluding hydrogens is 506 g/mol. The highest BCUT2D eigenvalue weighted by molar-refractivity contribution is 8.15. The lowest BCUT2D eigenvalue weighted by molar-refractivity contribution is 0.0637. The Hall–Kier alpha value is -2.16. The van der Waals surface area contributed by atoms with Crippen molar-refractivity contribution >= 4 is 59.9 Å². The maximum atomic E-state index is 13.9. The van der Waals surface area contributed by atoms with Gasteiger partial charge in [0.2, 0.25) is 0 Å². The number of thioether (sulfide) groups is 1. The average molecular weight is 530 g/mol. The number of hydrogen-bond donors (Lipinski definition) is 1. The van der Waals surface area contributed by atoms with Crippen molar-refractivity contribution in [2.75, 3.05) is 6.54 Å². The van der Waals surface area contributed by atoms with Crippen LogP contribution >= 0.6 is 49.0 Å². The van der Waals surface area contributed by atoms with Crippen LogP contribution < -0.4 is 5.73 Å². The van der Waals surface area contributed by atoms with Gasteiger partial charge in [0.25, 0.3) is 5.91 Å². The Bertz CT molecular complexity index is 1080. The van der Waals surface area contributed by atoms with E-state index in [1.807, 2.05) is 30.3 Å². The van der Waals surface area contributed by atoms with Crippen LogP contribution in [0.15, 0.2) is 84.2 Å². The first kappa shape index (κ1) is 28.9. The molecule has 0 fully saturated rings. The molecule has 4 rings (SSSR count). The lowest BCUT2D eigenvalue weighted by Gasteiger charge is -2.36. The maximum absolute atomic E-state index is 13.9. The van der Waals surface area contributed by atoms with E-state index in [1.54, 1.807) is 30.5 Å². The fraction of sp³-hybridized carbons (Fsp3) is 0.174. The van der Waals surface area contributed by atoms with Gasteiger partial charge in [0.05, 0.1) is 5.56 Å². The lowest BCUT2D eigenvalue weighted by Crippen LogP contribution is -2.42. The number of hydrogen-bond acceptors (Lipinski definition) is 5. The molecule has 2 heterocycles. The molecule has 3 aromatic rings. The van der Waals surface area contributed by atoms with Crippen LogP contribution in [0.1, 0.15) is 34.3 Å². The first-order valence-electron chi connectivity index (χ1n) is 9.68. The molecule has 0 radical (unpaired) electrons. The molecule has 0 saturated heterocycles. The van der Waals surface area contributed by atoms with Crippen LogP contribution in [-0.4, -0.2) is 27.5 Å². The highest BCUT2D eigenvalue weighted by Crippen LogP contribution is 2.50. The Balaban J connectivity index is 0.00000181. The molecule has 33 heavy (non-hydrogen) atoms. The van der Waals surface area contributed by atoms with Crippen molar-refractivity contribution in [1.82, 2.24) is 9.99 Å². The number of carbonyl (C=O) groups excluding carboxylic acids is 1. The normalized spacial score (nSPS) is 16.7. The van der Waals surface area contributed by atoms with Crippen molar-refractivity contribution in [2.45, 2.75) is 17.7 Å². The van der Waals surface area contributed by atoms with E-state index in [2.05, 4.69) is 10.1 Å². The van der Waals surface area contributed by atoms with E-state index in [-0.39, 0.29) is 48.9 Å². The van der Waals surface area contributed by atoms with Crippen molar-refractivity contribution in [3.8, 4) is 0 Å². The third-order valence-electron chi connectivity index (χ3n) is 4.92. The first-order chi connectivity index (χ1) is 14.6. The molecule has 0 saturated carbocycles. The largest absolute Gasteiger partial charge is 0.330 e. The van der Waals surface area contributed by atoms with Crippen molar-refractivity contribution in [1.29, 1.82) is 0 Å². The summed E-state index contributed by atoms with van der Waals surface area (Å²) >= 11 is 1.46. The number of benzene rings is 2. The number of aromatic nitrogens is 1. The Morgan fingerprint density at radius 1 is 1.03 bits per heavy atom. The second-order valence-electron chi connectivity index (χ2n) is 6.92. The Kier molecular flexibility index (Phi) is 11.3. The maximum Gasteiger partial charge on any atom is 0.277 e. The van der Waals surface area contributed by atoms with E-state index in [0.29, 0.717) is 35.6 Å². The van der Waals surface area contributed by atoms with Crippen LogP contribution in [0.2, 0.25) is 0 Å². The summed E-state index contributed by atoms with van der Waals surface area (Å²) < 4.78 is 13.9. The lowest BCUT2D eigenvalue weighted by atomic mass is 9.99. The number of pyridine rings is 1. The summed E-state index contributed by atoms with van der Waals surface area (Å²) in [7, 11) is 0. The number of rotatable bonds is 6. The first-order valence-corrected chi connectivity index (χ1v) is 10.5. The summed E-state index contributed by atoms with van der Waals surface area (Å²) in [6.07, 6.45) is 4.45. The SMILES string of the molecule is Cl.Cl.Cl.NCCCC1(c2ccccc2)SC(c2cccc(F)c2)=NN1C(=O)c1cccnc1. The quantitative estimate of drug-likeness (QED) is 0.449. The molecule has 1 amide bonds. The van der Waals surface area contributed by atoms with Crippen LogP contribution in [0.25, 0.3) is 0 Å². The van der Waals surface area contributed by atoms with Gasteiger partial charge in [-0.1, -0.05) is 54.2 Å². The standard InChI is InChI=1S/C23H21FN4OS.3ClH/c24-20-11-4-7-17(15-20)21-27-28(22(29)18-8-5-14-26-16-18)23(30-21,12-6-13-25)19-9-2-1-3-10-19;;;/h1-5,7-11,14-16H,6,12-13,25H2;3*1H. The number of nitrogens with zero attached hydrogens (tertiary/aromatic N) is 3. The highest BCUT2D eigenvalue weighted by Gasteiger charge is 2.48. The summed E-state index contributed by atoms with van der Waals surface area (Å²) in [5.74, 6) is -0.608. The van der Waals surface area contributed by atoms with Crippen molar-refractivity contribution < 1.29 is 9.18 Å². The molecule has 10 heteroatoms. The van der Waals surface area contributed by atoms with E-state index >= 15 is 0 Å².